The number of carboxylic acid groups (broad SMARTS) is 1. The summed E-state index contributed by atoms with van der Waals surface area (Å²) in [4.78, 5) is 12.4. The van der Waals surface area contributed by atoms with Gasteiger partial charge in [0.05, 0.1) is 29.6 Å². The average molecular weight is 532 g/mol. The van der Waals surface area contributed by atoms with Crippen molar-refractivity contribution < 1.29 is 27.8 Å². The molecule has 0 saturated carbocycles. The van der Waals surface area contributed by atoms with Crippen LogP contribution in [0.1, 0.15) is 11.1 Å². The van der Waals surface area contributed by atoms with Crippen LogP contribution in [0.4, 0.5) is 0 Å². The molecule has 0 unspecified atom stereocenters. The average Bonchev–Trinajstić information content (AvgIpc) is 2.95. The molecule has 0 aliphatic carbocycles. The van der Waals surface area contributed by atoms with Crippen molar-refractivity contribution >= 4 is 15.8 Å². The molecule has 8 heteroatoms. The van der Waals surface area contributed by atoms with Crippen molar-refractivity contribution in [3.63, 3.8) is 0 Å². The topological polar surface area (TPSA) is 102 Å². The van der Waals surface area contributed by atoms with E-state index in [1.165, 1.54) is 0 Å². The summed E-state index contributed by atoms with van der Waals surface area (Å²) in [6.07, 6.45) is 0.277. The summed E-state index contributed by atoms with van der Waals surface area (Å²) in [7, 11) is -0.399. The van der Waals surface area contributed by atoms with E-state index in [0.717, 1.165) is 22.3 Å². The SMILES string of the molecule is COc1cccc(OC)c1-c1ccc(C[C@H](NCc2ccc(S(=O)(=O)c3ccccc3)cc2)C(=O)O)cc1. The lowest BCUT2D eigenvalue weighted by Crippen LogP contribution is -2.38. The van der Waals surface area contributed by atoms with E-state index in [-0.39, 0.29) is 22.8 Å². The van der Waals surface area contributed by atoms with Gasteiger partial charge in [-0.05, 0) is 59.5 Å². The second-order valence-corrected chi connectivity index (χ2v) is 10.6. The molecular formula is C30H29NO6S. The number of aliphatic carboxylic acids is 1. The van der Waals surface area contributed by atoms with Crippen molar-refractivity contribution in [2.24, 2.45) is 0 Å². The van der Waals surface area contributed by atoms with Gasteiger partial charge in [-0.3, -0.25) is 4.79 Å². The van der Waals surface area contributed by atoms with Gasteiger partial charge in [-0.1, -0.05) is 60.7 Å². The molecule has 4 aromatic carbocycles. The Bertz CT molecular complexity index is 1460. The van der Waals surface area contributed by atoms with E-state index in [9.17, 15) is 18.3 Å². The molecule has 2 N–H and O–H groups in total. The first-order valence-electron chi connectivity index (χ1n) is 12.0. The molecule has 0 fully saturated rings. The highest BCUT2D eigenvalue weighted by Crippen LogP contribution is 2.38. The standard InChI is InChI=1S/C30H29NO6S/c1-36-27-9-6-10-28(37-2)29(27)23-15-11-21(12-16-23)19-26(30(32)33)31-20-22-13-17-25(18-14-22)38(34,35)24-7-4-3-5-8-24/h3-18,26,31H,19-20H2,1-2H3,(H,32,33)/t26-/m0/s1. The van der Waals surface area contributed by atoms with Crippen LogP contribution in [0.5, 0.6) is 11.5 Å². The Kier molecular flexibility index (Phi) is 8.45. The third-order valence-electron chi connectivity index (χ3n) is 6.25. The van der Waals surface area contributed by atoms with Gasteiger partial charge in [0.1, 0.15) is 17.5 Å². The fraction of sp³-hybridized carbons (Fsp3) is 0.167. The number of rotatable bonds is 11. The molecule has 0 aromatic heterocycles. The summed E-state index contributed by atoms with van der Waals surface area (Å²) in [5.41, 5.74) is 3.36. The summed E-state index contributed by atoms with van der Waals surface area (Å²) in [6.45, 7) is 0.277. The van der Waals surface area contributed by atoms with E-state index < -0.39 is 21.8 Å². The van der Waals surface area contributed by atoms with Crippen LogP contribution < -0.4 is 14.8 Å². The lowest BCUT2D eigenvalue weighted by molar-refractivity contribution is -0.139. The van der Waals surface area contributed by atoms with Crippen LogP contribution in [0.2, 0.25) is 0 Å². The van der Waals surface area contributed by atoms with Crippen LogP contribution in [-0.2, 0) is 27.6 Å². The lowest BCUT2D eigenvalue weighted by Gasteiger charge is -2.16. The van der Waals surface area contributed by atoms with Crippen molar-refractivity contribution in [2.45, 2.75) is 28.8 Å². The number of ether oxygens (including phenoxy) is 2. The molecule has 0 radical (unpaired) electrons. The van der Waals surface area contributed by atoms with E-state index in [1.807, 2.05) is 42.5 Å². The second-order valence-electron chi connectivity index (χ2n) is 8.67. The summed E-state index contributed by atoms with van der Waals surface area (Å²) in [5.74, 6) is 0.401. The molecule has 38 heavy (non-hydrogen) atoms. The molecule has 0 spiro atoms. The van der Waals surface area contributed by atoms with E-state index in [2.05, 4.69) is 5.32 Å². The molecule has 0 heterocycles. The number of hydrogen-bond donors (Lipinski definition) is 2. The third kappa shape index (κ3) is 6.04. The van der Waals surface area contributed by atoms with Crippen LogP contribution in [0.3, 0.4) is 0 Å². The molecule has 0 aliphatic rings. The summed E-state index contributed by atoms with van der Waals surface area (Å²) >= 11 is 0. The summed E-state index contributed by atoms with van der Waals surface area (Å²) in [5, 5.41) is 12.9. The van der Waals surface area contributed by atoms with Crippen LogP contribution in [0.15, 0.2) is 107 Å². The normalized spacial score (nSPS) is 12.1. The molecule has 4 rings (SSSR count). The first kappa shape index (κ1) is 26.9. The van der Waals surface area contributed by atoms with Gasteiger partial charge in [0.2, 0.25) is 9.84 Å². The van der Waals surface area contributed by atoms with E-state index in [0.29, 0.717) is 11.5 Å². The Labute approximate surface area is 222 Å². The number of sulfone groups is 1. The zero-order valence-electron chi connectivity index (χ0n) is 21.1. The van der Waals surface area contributed by atoms with Crippen molar-refractivity contribution in [2.75, 3.05) is 14.2 Å². The number of nitrogens with one attached hydrogen (secondary N) is 1. The van der Waals surface area contributed by atoms with Gasteiger partial charge in [0, 0.05) is 6.54 Å². The van der Waals surface area contributed by atoms with Gasteiger partial charge in [-0.2, -0.15) is 0 Å². The molecule has 0 saturated heterocycles. The lowest BCUT2D eigenvalue weighted by atomic mass is 9.99. The highest BCUT2D eigenvalue weighted by molar-refractivity contribution is 7.91. The Morgan fingerprint density at radius 2 is 1.32 bits per heavy atom. The predicted octanol–water partition coefficient (Wildman–Crippen LogP) is 4.99. The quantitative estimate of drug-likeness (QED) is 0.281. The second kappa shape index (κ2) is 11.9. The van der Waals surface area contributed by atoms with Gasteiger partial charge in [0.25, 0.3) is 0 Å². The third-order valence-corrected chi connectivity index (χ3v) is 8.03. The minimum atomic E-state index is -3.60. The highest BCUT2D eigenvalue weighted by atomic mass is 32.2. The maximum atomic E-state index is 12.8. The molecule has 196 valence electrons. The molecule has 1 atom stereocenters. The molecule has 0 bridgehead atoms. The molecule has 7 nitrogen and oxygen atoms in total. The Hall–Kier alpha value is -4.14. The Morgan fingerprint density at radius 3 is 1.87 bits per heavy atom. The maximum Gasteiger partial charge on any atom is 0.321 e. The van der Waals surface area contributed by atoms with Crippen LogP contribution in [-0.4, -0.2) is 39.8 Å². The first-order valence-corrected chi connectivity index (χ1v) is 13.5. The Balaban J connectivity index is 1.43. The summed E-state index contributed by atoms with van der Waals surface area (Å²) < 4.78 is 36.5. The zero-order valence-corrected chi connectivity index (χ0v) is 21.9. The van der Waals surface area contributed by atoms with Crippen LogP contribution >= 0.6 is 0 Å². The highest BCUT2D eigenvalue weighted by Gasteiger charge is 2.20. The van der Waals surface area contributed by atoms with E-state index in [1.54, 1.807) is 68.8 Å². The number of carbonyl (C=O) groups is 1. The van der Waals surface area contributed by atoms with Gasteiger partial charge in [0.15, 0.2) is 0 Å². The van der Waals surface area contributed by atoms with Gasteiger partial charge >= 0.3 is 5.97 Å². The fourth-order valence-electron chi connectivity index (χ4n) is 4.19. The zero-order chi connectivity index (χ0) is 27.1. The minimum absolute atomic E-state index is 0.189. The maximum absolute atomic E-state index is 12.8. The first-order chi connectivity index (χ1) is 18.3. The molecular weight excluding hydrogens is 502 g/mol. The number of benzene rings is 4. The summed E-state index contributed by atoms with van der Waals surface area (Å²) in [6, 6.07) is 27.1. The van der Waals surface area contributed by atoms with Crippen molar-refractivity contribution in [3.8, 4) is 22.6 Å². The van der Waals surface area contributed by atoms with Crippen LogP contribution in [0, 0.1) is 0 Å². The molecule has 0 amide bonds. The molecule has 0 aliphatic heterocycles. The van der Waals surface area contributed by atoms with Crippen molar-refractivity contribution in [1.82, 2.24) is 5.32 Å². The van der Waals surface area contributed by atoms with E-state index >= 15 is 0 Å². The van der Waals surface area contributed by atoms with Crippen molar-refractivity contribution in [3.05, 3.63) is 108 Å². The van der Waals surface area contributed by atoms with Crippen molar-refractivity contribution in [1.29, 1.82) is 0 Å². The minimum Gasteiger partial charge on any atom is -0.496 e. The monoisotopic (exact) mass is 531 g/mol. The number of hydrogen-bond acceptors (Lipinski definition) is 6. The van der Waals surface area contributed by atoms with Crippen LogP contribution in [0.25, 0.3) is 11.1 Å². The fourth-order valence-corrected chi connectivity index (χ4v) is 5.47. The number of carboxylic acids is 1. The van der Waals surface area contributed by atoms with Gasteiger partial charge in [-0.25, -0.2) is 8.42 Å². The Morgan fingerprint density at radius 1 is 0.763 bits per heavy atom. The van der Waals surface area contributed by atoms with Gasteiger partial charge in [-0.15, -0.1) is 0 Å². The largest absolute Gasteiger partial charge is 0.496 e. The van der Waals surface area contributed by atoms with E-state index in [4.69, 9.17) is 9.47 Å². The molecule has 4 aromatic rings. The smallest absolute Gasteiger partial charge is 0.321 e. The predicted molar refractivity (Wildman–Crippen MR) is 145 cm³/mol. The van der Waals surface area contributed by atoms with Gasteiger partial charge < -0.3 is 19.9 Å². The number of methoxy groups -OCH3 is 2.